The van der Waals surface area contributed by atoms with Crippen molar-refractivity contribution in [1.82, 2.24) is 14.8 Å². The third kappa shape index (κ3) is 1.48. The zero-order chi connectivity index (χ0) is 10.1. The van der Waals surface area contributed by atoms with Gasteiger partial charge in [0.15, 0.2) is 11.9 Å². The summed E-state index contributed by atoms with van der Waals surface area (Å²) in [6.45, 7) is 0. The van der Waals surface area contributed by atoms with Gasteiger partial charge in [-0.2, -0.15) is 0 Å². The first-order chi connectivity index (χ1) is 6.68. The topological polar surface area (TPSA) is 77.2 Å². The Balaban J connectivity index is 2.10. The minimum absolute atomic E-state index is 0.233. The molecule has 0 aliphatic carbocycles. The molecule has 1 aliphatic rings. The second-order valence-corrected chi connectivity index (χ2v) is 3.33. The van der Waals surface area contributed by atoms with Gasteiger partial charge in [0.25, 0.3) is 0 Å². The van der Waals surface area contributed by atoms with E-state index in [1.165, 1.54) is 0 Å². The Bertz CT molecular complexity index is 349. The van der Waals surface area contributed by atoms with E-state index in [0.717, 1.165) is 0 Å². The maximum absolute atomic E-state index is 10.6. The predicted molar refractivity (Wildman–Crippen MR) is 45.5 cm³/mol. The molecule has 1 aromatic heterocycles. The maximum atomic E-state index is 10.6. The number of carboxylic acids is 1. The molecule has 2 atom stereocenters. The van der Waals surface area contributed by atoms with E-state index in [9.17, 15) is 4.79 Å². The standard InChI is InChI=1S/C8H11N3O3/c1-11-4-9-10-7(11)5-2-3-6(14-5)8(12)13/h4-6H,2-3H2,1H3,(H,12,13). The molecule has 6 heteroatoms. The summed E-state index contributed by atoms with van der Waals surface area (Å²) in [5, 5.41) is 16.3. The van der Waals surface area contributed by atoms with E-state index >= 15 is 0 Å². The molecule has 1 saturated heterocycles. The normalized spacial score (nSPS) is 26.6. The number of aromatic nitrogens is 3. The summed E-state index contributed by atoms with van der Waals surface area (Å²) in [5.41, 5.74) is 0. The highest BCUT2D eigenvalue weighted by Gasteiger charge is 2.33. The minimum Gasteiger partial charge on any atom is -0.479 e. The van der Waals surface area contributed by atoms with Gasteiger partial charge in [-0.25, -0.2) is 4.79 Å². The van der Waals surface area contributed by atoms with E-state index in [1.54, 1.807) is 10.9 Å². The summed E-state index contributed by atoms with van der Waals surface area (Å²) >= 11 is 0. The van der Waals surface area contributed by atoms with Crippen LogP contribution in [-0.2, 0) is 16.6 Å². The Labute approximate surface area is 80.5 Å². The fourth-order valence-corrected chi connectivity index (χ4v) is 1.59. The highest BCUT2D eigenvalue weighted by atomic mass is 16.5. The van der Waals surface area contributed by atoms with Gasteiger partial charge in [0.2, 0.25) is 0 Å². The van der Waals surface area contributed by atoms with E-state index in [-0.39, 0.29) is 6.10 Å². The van der Waals surface area contributed by atoms with Crippen molar-refractivity contribution in [3.63, 3.8) is 0 Å². The number of carboxylic acid groups (broad SMARTS) is 1. The SMILES string of the molecule is Cn1cnnc1C1CCC(C(=O)O)O1. The maximum Gasteiger partial charge on any atom is 0.332 e. The monoisotopic (exact) mass is 197 g/mol. The van der Waals surface area contributed by atoms with E-state index in [0.29, 0.717) is 18.7 Å². The molecule has 0 spiro atoms. The Kier molecular flexibility index (Phi) is 2.20. The van der Waals surface area contributed by atoms with Crippen LogP contribution < -0.4 is 0 Å². The molecule has 6 nitrogen and oxygen atoms in total. The van der Waals surface area contributed by atoms with E-state index in [2.05, 4.69) is 10.2 Å². The van der Waals surface area contributed by atoms with Crippen molar-refractivity contribution in [2.75, 3.05) is 0 Å². The van der Waals surface area contributed by atoms with Crippen LogP contribution in [0.3, 0.4) is 0 Å². The highest BCUT2D eigenvalue weighted by molar-refractivity contribution is 5.72. The van der Waals surface area contributed by atoms with Gasteiger partial charge in [0.05, 0.1) is 0 Å². The second kappa shape index (κ2) is 3.38. The molecule has 2 rings (SSSR count). The Morgan fingerprint density at radius 1 is 1.71 bits per heavy atom. The molecule has 1 N–H and O–H groups in total. The van der Waals surface area contributed by atoms with Gasteiger partial charge in [0.1, 0.15) is 12.4 Å². The number of nitrogens with zero attached hydrogens (tertiary/aromatic N) is 3. The van der Waals surface area contributed by atoms with Gasteiger partial charge in [-0.05, 0) is 12.8 Å². The molecule has 1 fully saturated rings. The van der Waals surface area contributed by atoms with Gasteiger partial charge in [-0.1, -0.05) is 0 Å². The number of hydrogen-bond acceptors (Lipinski definition) is 4. The summed E-state index contributed by atoms with van der Waals surface area (Å²) in [4.78, 5) is 10.6. The summed E-state index contributed by atoms with van der Waals surface area (Å²) < 4.78 is 7.07. The van der Waals surface area contributed by atoms with Gasteiger partial charge < -0.3 is 14.4 Å². The number of rotatable bonds is 2. The first-order valence-electron chi connectivity index (χ1n) is 4.40. The Morgan fingerprint density at radius 3 is 3.00 bits per heavy atom. The van der Waals surface area contributed by atoms with Crippen LogP contribution in [0.15, 0.2) is 6.33 Å². The predicted octanol–water partition coefficient (Wildman–Crippen LogP) is 0.120. The molecule has 0 saturated carbocycles. The van der Waals surface area contributed by atoms with Crippen LogP contribution in [0.25, 0.3) is 0 Å². The molecule has 1 aromatic rings. The average molecular weight is 197 g/mol. The Hall–Kier alpha value is -1.43. The zero-order valence-corrected chi connectivity index (χ0v) is 7.75. The molecular weight excluding hydrogens is 186 g/mol. The van der Waals surface area contributed by atoms with E-state index in [4.69, 9.17) is 9.84 Å². The first-order valence-corrected chi connectivity index (χ1v) is 4.40. The van der Waals surface area contributed by atoms with Gasteiger partial charge in [-0.3, -0.25) is 0 Å². The van der Waals surface area contributed by atoms with Crippen molar-refractivity contribution in [2.45, 2.75) is 25.0 Å². The molecular formula is C8H11N3O3. The van der Waals surface area contributed by atoms with Crippen molar-refractivity contribution in [3.05, 3.63) is 12.2 Å². The van der Waals surface area contributed by atoms with Crippen molar-refractivity contribution >= 4 is 5.97 Å². The quantitative estimate of drug-likeness (QED) is 0.728. The van der Waals surface area contributed by atoms with Crippen LogP contribution in [0, 0.1) is 0 Å². The number of hydrogen-bond donors (Lipinski definition) is 1. The Morgan fingerprint density at radius 2 is 2.50 bits per heavy atom. The third-order valence-electron chi connectivity index (χ3n) is 2.33. The molecule has 0 amide bonds. The lowest BCUT2D eigenvalue weighted by Gasteiger charge is -2.09. The van der Waals surface area contributed by atoms with Crippen LogP contribution in [0.1, 0.15) is 24.8 Å². The van der Waals surface area contributed by atoms with E-state index in [1.807, 2.05) is 7.05 Å². The molecule has 0 radical (unpaired) electrons. The second-order valence-electron chi connectivity index (χ2n) is 3.33. The van der Waals surface area contributed by atoms with Crippen molar-refractivity contribution in [3.8, 4) is 0 Å². The molecule has 14 heavy (non-hydrogen) atoms. The fourth-order valence-electron chi connectivity index (χ4n) is 1.59. The summed E-state index contributed by atoms with van der Waals surface area (Å²) in [7, 11) is 1.81. The lowest BCUT2D eigenvalue weighted by Crippen LogP contribution is -2.19. The number of carbonyl (C=O) groups is 1. The van der Waals surface area contributed by atoms with Crippen LogP contribution in [0.4, 0.5) is 0 Å². The molecule has 2 unspecified atom stereocenters. The zero-order valence-electron chi connectivity index (χ0n) is 7.75. The molecule has 1 aliphatic heterocycles. The largest absolute Gasteiger partial charge is 0.479 e. The van der Waals surface area contributed by atoms with Crippen molar-refractivity contribution in [2.24, 2.45) is 7.05 Å². The van der Waals surface area contributed by atoms with Gasteiger partial charge in [0, 0.05) is 7.05 Å². The molecule has 2 heterocycles. The molecule has 0 bridgehead atoms. The summed E-state index contributed by atoms with van der Waals surface area (Å²) in [6.07, 6.45) is 1.86. The summed E-state index contributed by atoms with van der Waals surface area (Å²) in [5.74, 6) is -0.219. The lowest BCUT2D eigenvalue weighted by atomic mass is 10.2. The van der Waals surface area contributed by atoms with Crippen LogP contribution in [0.2, 0.25) is 0 Å². The van der Waals surface area contributed by atoms with Crippen LogP contribution >= 0.6 is 0 Å². The van der Waals surface area contributed by atoms with Crippen molar-refractivity contribution in [1.29, 1.82) is 0 Å². The minimum atomic E-state index is -0.908. The average Bonchev–Trinajstić information content (AvgIpc) is 2.71. The fraction of sp³-hybridized carbons (Fsp3) is 0.625. The first kappa shape index (κ1) is 9.14. The van der Waals surface area contributed by atoms with E-state index < -0.39 is 12.1 Å². The molecule has 76 valence electrons. The van der Waals surface area contributed by atoms with Gasteiger partial charge in [-0.15, -0.1) is 10.2 Å². The highest BCUT2D eigenvalue weighted by Crippen LogP contribution is 2.31. The lowest BCUT2D eigenvalue weighted by molar-refractivity contribution is -0.149. The smallest absolute Gasteiger partial charge is 0.332 e. The number of aliphatic carboxylic acids is 1. The van der Waals surface area contributed by atoms with Crippen LogP contribution in [0.5, 0.6) is 0 Å². The van der Waals surface area contributed by atoms with Gasteiger partial charge >= 0.3 is 5.97 Å². The number of aryl methyl sites for hydroxylation is 1. The van der Waals surface area contributed by atoms with Crippen LogP contribution in [-0.4, -0.2) is 31.9 Å². The number of ether oxygens (including phenoxy) is 1. The third-order valence-corrected chi connectivity index (χ3v) is 2.33. The molecule has 0 aromatic carbocycles. The summed E-state index contributed by atoms with van der Waals surface area (Å²) in [6, 6.07) is 0. The van der Waals surface area contributed by atoms with Crippen molar-refractivity contribution < 1.29 is 14.6 Å².